The largest absolute Gasteiger partial charge is 0.482 e. The van der Waals surface area contributed by atoms with Gasteiger partial charge in [-0.05, 0) is 46.2 Å². The number of rotatable bonds is 6. The maximum Gasteiger partial charge on any atom is 0.191 e. The first-order valence-corrected chi connectivity index (χ1v) is 7.81. The van der Waals surface area contributed by atoms with Gasteiger partial charge in [0.15, 0.2) is 17.4 Å². The lowest BCUT2D eigenvalue weighted by Gasteiger charge is -2.09. The lowest BCUT2D eigenvalue weighted by molar-refractivity contribution is 0.276. The van der Waals surface area contributed by atoms with Gasteiger partial charge in [-0.2, -0.15) is 0 Å². The van der Waals surface area contributed by atoms with Crippen LogP contribution < -0.4 is 10.1 Å². The number of ether oxygens (including phenoxy) is 1. The molecule has 1 heterocycles. The number of hydrogen-bond acceptors (Lipinski definition) is 3. The summed E-state index contributed by atoms with van der Waals surface area (Å²) in [6.07, 6.45) is 0. The Morgan fingerprint density at radius 1 is 1.25 bits per heavy atom. The first kappa shape index (κ1) is 15.4. The molecule has 0 bridgehead atoms. The molecule has 20 heavy (non-hydrogen) atoms. The van der Waals surface area contributed by atoms with Gasteiger partial charge < -0.3 is 10.1 Å². The zero-order chi connectivity index (χ0) is 14.5. The second-order valence-corrected chi connectivity index (χ2v) is 6.10. The Morgan fingerprint density at radius 2 is 1.95 bits per heavy atom. The van der Waals surface area contributed by atoms with Crippen molar-refractivity contribution in [2.24, 2.45) is 0 Å². The molecule has 6 heteroatoms. The van der Waals surface area contributed by atoms with Crippen LogP contribution in [0.5, 0.6) is 5.75 Å². The molecule has 2 nitrogen and oxygen atoms in total. The first-order chi connectivity index (χ1) is 9.60. The zero-order valence-electron chi connectivity index (χ0n) is 10.9. The normalized spacial score (nSPS) is 10.8. The van der Waals surface area contributed by atoms with E-state index in [0.717, 1.165) is 15.9 Å². The van der Waals surface area contributed by atoms with Gasteiger partial charge in [-0.1, -0.05) is 6.92 Å². The van der Waals surface area contributed by atoms with Crippen molar-refractivity contribution in [3.63, 3.8) is 0 Å². The van der Waals surface area contributed by atoms with Crippen molar-refractivity contribution in [3.8, 4) is 5.75 Å². The average Bonchev–Trinajstić information content (AvgIpc) is 2.81. The molecular formula is C14H14BrF2NOS. The molecule has 1 N–H and O–H groups in total. The van der Waals surface area contributed by atoms with Crippen LogP contribution in [0.15, 0.2) is 28.1 Å². The number of benzene rings is 1. The first-order valence-electron chi connectivity index (χ1n) is 6.14. The van der Waals surface area contributed by atoms with Gasteiger partial charge in [-0.15, -0.1) is 11.3 Å². The number of halogens is 3. The predicted octanol–water partition coefficient (Wildman–Crippen LogP) is 4.48. The summed E-state index contributed by atoms with van der Waals surface area (Å²) in [5.74, 6) is -1.67. The molecule has 2 rings (SSSR count). The second-order valence-electron chi connectivity index (χ2n) is 4.19. The molecule has 0 fully saturated rings. The Kier molecular flexibility index (Phi) is 5.51. The average molecular weight is 362 g/mol. The molecule has 0 radical (unpaired) electrons. The molecule has 2 aromatic rings. The van der Waals surface area contributed by atoms with Gasteiger partial charge in [0.25, 0.3) is 0 Å². The minimum Gasteiger partial charge on any atom is -0.482 e. The lowest BCUT2D eigenvalue weighted by atomic mass is 10.2. The smallest absolute Gasteiger partial charge is 0.191 e. The predicted molar refractivity (Wildman–Crippen MR) is 80.1 cm³/mol. The molecule has 0 saturated carbocycles. The summed E-state index contributed by atoms with van der Waals surface area (Å²) in [4.78, 5) is 0.896. The van der Waals surface area contributed by atoms with E-state index in [0.29, 0.717) is 12.1 Å². The fourth-order valence-corrected chi connectivity index (χ4v) is 3.06. The summed E-state index contributed by atoms with van der Waals surface area (Å²) in [6, 6.07) is 4.46. The Hall–Kier alpha value is -0.980. The van der Waals surface area contributed by atoms with Crippen molar-refractivity contribution < 1.29 is 13.5 Å². The quantitative estimate of drug-likeness (QED) is 0.818. The van der Waals surface area contributed by atoms with E-state index in [1.165, 1.54) is 23.5 Å². The molecule has 0 spiro atoms. The Balaban J connectivity index is 2.07. The maximum atomic E-state index is 13.8. The van der Waals surface area contributed by atoms with E-state index in [-0.39, 0.29) is 12.4 Å². The zero-order valence-corrected chi connectivity index (χ0v) is 13.3. The lowest BCUT2D eigenvalue weighted by Crippen LogP contribution is -2.12. The molecule has 0 aliphatic carbocycles. The standard InChI is InChI=1S/C14H14BrF2NOS/c1-2-18-6-9-3-12(16)14(13(17)4-9)19-7-11-5-10(15)8-20-11/h3-5,8,18H,2,6-7H2,1H3. The number of nitrogens with one attached hydrogen (secondary N) is 1. The van der Waals surface area contributed by atoms with Gasteiger partial charge in [-0.3, -0.25) is 0 Å². The molecule has 108 valence electrons. The minimum atomic E-state index is -0.673. The van der Waals surface area contributed by atoms with Gasteiger partial charge >= 0.3 is 0 Å². The Labute approximate surface area is 128 Å². The highest BCUT2D eigenvalue weighted by molar-refractivity contribution is 9.10. The van der Waals surface area contributed by atoms with Crippen LogP contribution in [-0.2, 0) is 13.2 Å². The molecule has 1 aromatic carbocycles. The molecular weight excluding hydrogens is 348 g/mol. The van der Waals surface area contributed by atoms with E-state index in [2.05, 4.69) is 21.2 Å². The third kappa shape index (κ3) is 4.01. The SMILES string of the molecule is CCNCc1cc(F)c(OCc2cc(Br)cs2)c(F)c1. The fourth-order valence-electron chi connectivity index (χ4n) is 1.69. The van der Waals surface area contributed by atoms with Crippen molar-refractivity contribution >= 4 is 27.3 Å². The molecule has 0 aliphatic heterocycles. The van der Waals surface area contributed by atoms with E-state index in [9.17, 15) is 8.78 Å². The van der Waals surface area contributed by atoms with E-state index < -0.39 is 11.6 Å². The van der Waals surface area contributed by atoms with Gasteiger partial charge in [0.05, 0.1) is 0 Å². The van der Waals surface area contributed by atoms with Crippen LogP contribution in [0.2, 0.25) is 0 Å². The highest BCUT2D eigenvalue weighted by Gasteiger charge is 2.13. The molecule has 0 amide bonds. The minimum absolute atomic E-state index is 0.149. The third-order valence-electron chi connectivity index (χ3n) is 2.62. The number of hydrogen-bond donors (Lipinski definition) is 1. The van der Waals surface area contributed by atoms with Crippen molar-refractivity contribution in [1.82, 2.24) is 5.32 Å². The summed E-state index contributed by atoms with van der Waals surface area (Å²) in [6.45, 7) is 3.26. The van der Waals surface area contributed by atoms with Crippen LogP contribution in [0.25, 0.3) is 0 Å². The van der Waals surface area contributed by atoms with Crippen LogP contribution in [0.1, 0.15) is 17.4 Å². The highest BCUT2D eigenvalue weighted by Crippen LogP contribution is 2.26. The van der Waals surface area contributed by atoms with Crippen LogP contribution in [-0.4, -0.2) is 6.54 Å². The van der Waals surface area contributed by atoms with Crippen LogP contribution in [0, 0.1) is 11.6 Å². The summed E-state index contributed by atoms with van der Waals surface area (Å²) in [5.41, 5.74) is 0.563. The summed E-state index contributed by atoms with van der Waals surface area (Å²) >= 11 is 4.79. The summed E-state index contributed by atoms with van der Waals surface area (Å²) in [5, 5.41) is 4.92. The van der Waals surface area contributed by atoms with E-state index in [1.807, 2.05) is 18.4 Å². The Morgan fingerprint density at radius 3 is 2.50 bits per heavy atom. The molecule has 0 saturated heterocycles. The fraction of sp³-hybridized carbons (Fsp3) is 0.286. The summed E-state index contributed by atoms with van der Waals surface area (Å²) < 4.78 is 33.9. The van der Waals surface area contributed by atoms with Crippen LogP contribution >= 0.6 is 27.3 Å². The van der Waals surface area contributed by atoms with E-state index in [1.54, 1.807) is 0 Å². The molecule has 0 unspecified atom stereocenters. The summed E-state index contributed by atoms with van der Waals surface area (Å²) in [7, 11) is 0. The van der Waals surface area contributed by atoms with Crippen LogP contribution in [0.4, 0.5) is 8.78 Å². The van der Waals surface area contributed by atoms with Crippen molar-refractivity contribution in [2.45, 2.75) is 20.1 Å². The van der Waals surface area contributed by atoms with E-state index in [4.69, 9.17) is 4.74 Å². The van der Waals surface area contributed by atoms with Gasteiger partial charge in [-0.25, -0.2) is 8.78 Å². The Bertz CT molecular complexity index is 565. The third-order valence-corrected chi connectivity index (χ3v) is 4.29. The van der Waals surface area contributed by atoms with Gasteiger partial charge in [0.1, 0.15) is 6.61 Å². The van der Waals surface area contributed by atoms with Crippen molar-refractivity contribution in [1.29, 1.82) is 0 Å². The topological polar surface area (TPSA) is 21.3 Å². The monoisotopic (exact) mass is 361 g/mol. The van der Waals surface area contributed by atoms with Crippen molar-refractivity contribution in [3.05, 3.63) is 50.1 Å². The van der Waals surface area contributed by atoms with Crippen molar-refractivity contribution in [2.75, 3.05) is 6.54 Å². The number of thiophene rings is 1. The van der Waals surface area contributed by atoms with E-state index >= 15 is 0 Å². The molecule has 0 atom stereocenters. The van der Waals surface area contributed by atoms with Gasteiger partial charge in [0.2, 0.25) is 0 Å². The van der Waals surface area contributed by atoms with Gasteiger partial charge in [0, 0.05) is 21.3 Å². The molecule has 1 aromatic heterocycles. The maximum absolute atomic E-state index is 13.8. The van der Waals surface area contributed by atoms with Crippen LogP contribution in [0.3, 0.4) is 0 Å². The molecule has 0 aliphatic rings. The second kappa shape index (κ2) is 7.15. The highest BCUT2D eigenvalue weighted by atomic mass is 79.9.